The lowest BCUT2D eigenvalue weighted by atomic mass is 10.3. The first-order chi connectivity index (χ1) is 7.84. The third-order valence-electron chi connectivity index (χ3n) is 2.23. The second-order valence-corrected chi connectivity index (χ2v) is 5.08. The molecule has 1 rings (SSSR count). The van der Waals surface area contributed by atoms with E-state index in [1.165, 1.54) is 23.1 Å². The van der Waals surface area contributed by atoms with Gasteiger partial charge in [-0.3, -0.25) is 0 Å². The van der Waals surface area contributed by atoms with Crippen molar-refractivity contribution in [2.45, 2.75) is 11.8 Å². The Bertz CT molecular complexity index is 513. The molecule has 0 atom stereocenters. The number of amides is 2. The maximum atomic E-state index is 11.5. The van der Waals surface area contributed by atoms with Crippen molar-refractivity contribution in [3.63, 3.8) is 0 Å². The average molecular weight is 257 g/mol. The van der Waals surface area contributed by atoms with Gasteiger partial charge in [-0.25, -0.2) is 18.4 Å². The van der Waals surface area contributed by atoms with Crippen molar-refractivity contribution in [2.24, 2.45) is 5.14 Å². The van der Waals surface area contributed by atoms with E-state index >= 15 is 0 Å². The Kier molecular flexibility index (Phi) is 4.08. The molecule has 17 heavy (non-hydrogen) atoms. The van der Waals surface area contributed by atoms with E-state index < -0.39 is 10.0 Å². The van der Waals surface area contributed by atoms with Crippen molar-refractivity contribution in [1.82, 2.24) is 4.90 Å². The topological polar surface area (TPSA) is 92.5 Å². The molecule has 0 spiro atoms. The van der Waals surface area contributed by atoms with Gasteiger partial charge in [0.05, 0.1) is 4.90 Å². The number of nitrogens with two attached hydrogens (primary N) is 1. The van der Waals surface area contributed by atoms with Crippen molar-refractivity contribution >= 4 is 21.7 Å². The molecule has 1 aromatic carbocycles. The zero-order valence-electron chi connectivity index (χ0n) is 9.67. The standard InChI is InChI=1S/C10H15N3O3S/c1-3-13(2)10(14)12-8-5-4-6-9(7-8)17(11,15)16/h4-7H,3H2,1-2H3,(H,12,14)(H2,11,15,16). The van der Waals surface area contributed by atoms with Gasteiger partial charge in [-0.05, 0) is 25.1 Å². The lowest BCUT2D eigenvalue weighted by molar-refractivity contribution is 0.224. The molecule has 0 aliphatic heterocycles. The van der Waals surface area contributed by atoms with Crippen LogP contribution in [0.15, 0.2) is 29.2 Å². The minimum Gasteiger partial charge on any atom is -0.328 e. The maximum absolute atomic E-state index is 11.5. The highest BCUT2D eigenvalue weighted by molar-refractivity contribution is 7.89. The van der Waals surface area contributed by atoms with E-state index in [0.29, 0.717) is 12.2 Å². The normalized spacial score (nSPS) is 11.0. The maximum Gasteiger partial charge on any atom is 0.321 e. The van der Waals surface area contributed by atoms with Crippen LogP contribution < -0.4 is 10.5 Å². The lowest BCUT2D eigenvalue weighted by Crippen LogP contribution is -2.31. The molecule has 0 aliphatic carbocycles. The first kappa shape index (κ1) is 13.5. The van der Waals surface area contributed by atoms with Crippen molar-refractivity contribution < 1.29 is 13.2 Å². The summed E-state index contributed by atoms with van der Waals surface area (Å²) in [7, 11) is -2.11. The first-order valence-electron chi connectivity index (χ1n) is 4.99. The highest BCUT2D eigenvalue weighted by Gasteiger charge is 2.10. The molecule has 0 heterocycles. The van der Waals surface area contributed by atoms with Crippen LogP contribution in [0.4, 0.5) is 10.5 Å². The van der Waals surface area contributed by atoms with Crippen molar-refractivity contribution in [1.29, 1.82) is 0 Å². The van der Waals surface area contributed by atoms with Crippen LogP contribution in [0.3, 0.4) is 0 Å². The van der Waals surface area contributed by atoms with Gasteiger partial charge in [0, 0.05) is 19.3 Å². The predicted octanol–water partition coefficient (Wildman–Crippen LogP) is 0.818. The number of primary sulfonamides is 1. The van der Waals surface area contributed by atoms with Crippen LogP contribution in [0.5, 0.6) is 0 Å². The minimum atomic E-state index is -3.75. The van der Waals surface area contributed by atoms with E-state index in [-0.39, 0.29) is 10.9 Å². The Balaban J connectivity index is 2.91. The predicted molar refractivity (Wildman–Crippen MR) is 65.1 cm³/mol. The first-order valence-corrected chi connectivity index (χ1v) is 6.54. The van der Waals surface area contributed by atoms with E-state index in [0.717, 1.165) is 0 Å². The Morgan fingerprint density at radius 1 is 1.47 bits per heavy atom. The largest absolute Gasteiger partial charge is 0.328 e. The number of rotatable bonds is 3. The van der Waals surface area contributed by atoms with E-state index in [1.54, 1.807) is 13.1 Å². The van der Waals surface area contributed by atoms with E-state index in [1.807, 2.05) is 6.92 Å². The third kappa shape index (κ3) is 3.72. The quantitative estimate of drug-likeness (QED) is 0.839. The fourth-order valence-electron chi connectivity index (χ4n) is 1.11. The fraction of sp³-hybridized carbons (Fsp3) is 0.300. The average Bonchev–Trinajstić information content (AvgIpc) is 2.27. The SMILES string of the molecule is CCN(C)C(=O)Nc1cccc(S(N)(=O)=O)c1. The number of anilines is 1. The molecule has 0 fully saturated rings. The lowest BCUT2D eigenvalue weighted by Gasteiger charge is -2.15. The summed E-state index contributed by atoms with van der Waals surface area (Å²) in [5.41, 5.74) is 0.391. The Hall–Kier alpha value is -1.60. The molecule has 0 bridgehead atoms. The third-order valence-corrected chi connectivity index (χ3v) is 3.15. The number of hydrogen-bond acceptors (Lipinski definition) is 3. The van der Waals surface area contributed by atoms with Gasteiger partial charge < -0.3 is 10.2 Å². The molecule has 0 saturated heterocycles. The number of urea groups is 1. The van der Waals surface area contributed by atoms with Gasteiger partial charge in [0.25, 0.3) is 0 Å². The molecule has 2 amide bonds. The Morgan fingerprint density at radius 2 is 2.12 bits per heavy atom. The molecule has 0 saturated carbocycles. The van der Waals surface area contributed by atoms with Crippen LogP contribution in [-0.2, 0) is 10.0 Å². The molecule has 1 aromatic rings. The van der Waals surface area contributed by atoms with Crippen LogP contribution in [0, 0.1) is 0 Å². The van der Waals surface area contributed by atoms with Gasteiger partial charge in [-0.1, -0.05) is 6.07 Å². The Morgan fingerprint density at radius 3 is 2.65 bits per heavy atom. The molecule has 0 unspecified atom stereocenters. The van der Waals surface area contributed by atoms with Gasteiger partial charge >= 0.3 is 6.03 Å². The van der Waals surface area contributed by atoms with E-state index in [9.17, 15) is 13.2 Å². The summed E-state index contributed by atoms with van der Waals surface area (Å²) in [6, 6.07) is 5.49. The van der Waals surface area contributed by atoms with Crippen LogP contribution in [0.25, 0.3) is 0 Å². The van der Waals surface area contributed by atoms with Crippen molar-refractivity contribution in [3.8, 4) is 0 Å². The number of carbonyl (C=O) groups excluding carboxylic acids is 1. The van der Waals surface area contributed by atoms with Crippen molar-refractivity contribution in [2.75, 3.05) is 18.9 Å². The number of nitrogens with one attached hydrogen (secondary N) is 1. The Labute approximate surface area is 100 Å². The summed E-state index contributed by atoms with van der Waals surface area (Å²) < 4.78 is 22.2. The van der Waals surface area contributed by atoms with Gasteiger partial charge in [0.1, 0.15) is 0 Å². The second kappa shape index (κ2) is 5.15. The zero-order chi connectivity index (χ0) is 13.1. The van der Waals surface area contributed by atoms with E-state index in [4.69, 9.17) is 5.14 Å². The van der Waals surface area contributed by atoms with Crippen LogP contribution in [0.1, 0.15) is 6.92 Å². The van der Waals surface area contributed by atoms with Gasteiger partial charge in [-0.2, -0.15) is 0 Å². The van der Waals surface area contributed by atoms with Gasteiger partial charge in [0.2, 0.25) is 10.0 Å². The molecule has 94 valence electrons. The molecule has 0 aliphatic rings. The zero-order valence-corrected chi connectivity index (χ0v) is 10.5. The highest BCUT2D eigenvalue weighted by Crippen LogP contribution is 2.14. The smallest absolute Gasteiger partial charge is 0.321 e. The molecule has 6 nitrogen and oxygen atoms in total. The van der Waals surface area contributed by atoms with Crippen LogP contribution in [0.2, 0.25) is 0 Å². The summed E-state index contributed by atoms with van der Waals surface area (Å²) in [6.45, 7) is 2.39. The molecule has 7 heteroatoms. The number of nitrogens with zero attached hydrogens (tertiary/aromatic N) is 1. The molecule has 0 radical (unpaired) electrons. The highest BCUT2D eigenvalue weighted by atomic mass is 32.2. The van der Waals surface area contributed by atoms with Crippen LogP contribution >= 0.6 is 0 Å². The molecular formula is C10H15N3O3S. The summed E-state index contributed by atoms with van der Waals surface area (Å²) >= 11 is 0. The monoisotopic (exact) mass is 257 g/mol. The van der Waals surface area contributed by atoms with Crippen LogP contribution in [-0.4, -0.2) is 32.9 Å². The van der Waals surface area contributed by atoms with E-state index in [2.05, 4.69) is 5.32 Å². The number of carbonyl (C=O) groups is 1. The molecule has 3 N–H and O–H groups in total. The minimum absolute atomic E-state index is 0.0329. The van der Waals surface area contributed by atoms with Gasteiger partial charge in [0.15, 0.2) is 0 Å². The van der Waals surface area contributed by atoms with Gasteiger partial charge in [-0.15, -0.1) is 0 Å². The second-order valence-electron chi connectivity index (χ2n) is 3.52. The number of benzene rings is 1. The molecule has 0 aromatic heterocycles. The van der Waals surface area contributed by atoms with Crippen molar-refractivity contribution in [3.05, 3.63) is 24.3 Å². The molecular weight excluding hydrogens is 242 g/mol. The summed E-state index contributed by atoms with van der Waals surface area (Å²) in [5, 5.41) is 7.56. The summed E-state index contributed by atoms with van der Waals surface area (Å²) in [4.78, 5) is 13.0. The number of sulfonamides is 1. The summed E-state index contributed by atoms with van der Waals surface area (Å²) in [5.74, 6) is 0. The fourth-order valence-corrected chi connectivity index (χ4v) is 1.67. The number of hydrogen-bond donors (Lipinski definition) is 2. The summed E-state index contributed by atoms with van der Waals surface area (Å²) in [6.07, 6.45) is 0.